The highest BCUT2D eigenvalue weighted by Gasteiger charge is 2.36. The standard InChI is InChI=1S/C51H32S2/c1-51(2)41-26-30(22-24-32(41)39-28-46-40(27-42(39)51)49-31-13-4-3-12-29(31)23-25-45(49)53-46)47-33-14-5-7-16-35(33)48(36-17-8-6-15-34(36)47)38-19-11-21-44-50(38)37-18-9-10-20-43(37)52-44/h3-28H,1-2H3. The first-order valence-electron chi connectivity index (χ1n) is 18.4. The zero-order chi connectivity index (χ0) is 35.0. The van der Waals surface area contributed by atoms with E-state index in [9.17, 15) is 0 Å². The van der Waals surface area contributed by atoms with Gasteiger partial charge >= 0.3 is 0 Å². The van der Waals surface area contributed by atoms with Crippen molar-refractivity contribution in [3.63, 3.8) is 0 Å². The molecule has 0 unspecified atom stereocenters. The van der Waals surface area contributed by atoms with Crippen LogP contribution in [0.1, 0.15) is 25.0 Å². The zero-order valence-corrected chi connectivity index (χ0v) is 31.0. The Balaban J connectivity index is 1.10. The molecular formula is C51H32S2. The first kappa shape index (κ1) is 29.7. The van der Waals surface area contributed by atoms with E-state index >= 15 is 0 Å². The highest BCUT2D eigenvalue weighted by atomic mass is 32.1. The minimum absolute atomic E-state index is 0.144. The summed E-state index contributed by atoms with van der Waals surface area (Å²) in [6, 6.07) is 59.6. The van der Waals surface area contributed by atoms with Crippen LogP contribution in [0.5, 0.6) is 0 Å². The highest BCUT2D eigenvalue weighted by molar-refractivity contribution is 7.26. The topological polar surface area (TPSA) is 0 Å². The summed E-state index contributed by atoms with van der Waals surface area (Å²) in [6.07, 6.45) is 0. The fraction of sp³-hybridized carbons (Fsp3) is 0.0588. The van der Waals surface area contributed by atoms with Crippen LogP contribution >= 0.6 is 22.7 Å². The van der Waals surface area contributed by atoms with Crippen LogP contribution in [-0.4, -0.2) is 0 Å². The summed E-state index contributed by atoms with van der Waals surface area (Å²) < 4.78 is 5.40. The van der Waals surface area contributed by atoms with Crippen LogP contribution in [0.2, 0.25) is 0 Å². The van der Waals surface area contributed by atoms with Gasteiger partial charge in [-0.15, -0.1) is 22.7 Å². The van der Waals surface area contributed by atoms with Crippen molar-refractivity contribution in [2.45, 2.75) is 19.3 Å². The SMILES string of the molecule is CC1(C)c2cc(-c3c4ccccc4c(-c4cccc5sc6ccccc6c45)c4ccccc34)ccc2-c2cc3sc4ccc5ccccc5c4c3cc21. The first-order valence-corrected chi connectivity index (χ1v) is 20.1. The molecule has 11 aromatic rings. The highest BCUT2D eigenvalue weighted by Crippen LogP contribution is 2.54. The summed E-state index contributed by atoms with van der Waals surface area (Å²) in [7, 11) is 0. The smallest absolute Gasteiger partial charge is 0.0362 e. The van der Waals surface area contributed by atoms with Gasteiger partial charge in [0, 0.05) is 45.8 Å². The summed E-state index contributed by atoms with van der Waals surface area (Å²) in [4.78, 5) is 0. The molecule has 0 aliphatic heterocycles. The Bertz CT molecular complexity index is 3310. The Morgan fingerprint density at radius 2 is 0.962 bits per heavy atom. The van der Waals surface area contributed by atoms with Crippen LogP contribution < -0.4 is 0 Å². The third-order valence-electron chi connectivity index (χ3n) is 12.0. The first-order chi connectivity index (χ1) is 26.0. The average Bonchev–Trinajstić information content (AvgIpc) is 3.83. The molecule has 1 aliphatic rings. The molecule has 1 aliphatic carbocycles. The summed E-state index contributed by atoms with van der Waals surface area (Å²) >= 11 is 3.81. The Kier molecular flexibility index (Phi) is 5.97. The van der Waals surface area contributed by atoms with Gasteiger partial charge in [-0.2, -0.15) is 0 Å². The second-order valence-electron chi connectivity index (χ2n) is 15.2. The molecule has 0 fully saturated rings. The van der Waals surface area contributed by atoms with E-state index in [4.69, 9.17) is 0 Å². The second-order valence-corrected chi connectivity index (χ2v) is 17.3. The predicted octanol–water partition coefficient (Wildman–Crippen LogP) is 15.5. The van der Waals surface area contributed by atoms with E-state index in [-0.39, 0.29) is 5.41 Å². The van der Waals surface area contributed by atoms with E-state index in [2.05, 4.69) is 172 Å². The zero-order valence-electron chi connectivity index (χ0n) is 29.3. The maximum absolute atomic E-state index is 2.52. The number of benzene rings is 9. The predicted molar refractivity (Wildman–Crippen MR) is 233 cm³/mol. The van der Waals surface area contributed by atoms with E-state index < -0.39 is 0 Å². The lowest BCUT2D eigenvalue weighted by Crippen LogP contribution is -2.15. The molecule has 0 bridgehead atoms. The summed E-state index contributed by atoms with van der Waals surface area (Å²) in [5.41, 5.74) is 10.6. The van der Waals surface area contributed by atoms with Gasteiger partial charge < -0.3 is 0 Å². The average molecular weight is 709 g/mol. The summed E-state index contributed by atoms with van der Waals surface area (Å²) in [5.74, 6) is 0. The molecule has 2 heteroatoms. The number of thiophene rings is 2. The monoisotopic (exact) mass is 708 g/mol. The van der Waals surface area contributed by atoms with Crippen molar-refractivity contribution in [2.75, 3.05) is 0 Å². The molecule has 0 radical (unpaired) electrons. The molecule has 53 heavy (non-hydrogen) atoms. The van der Waals surface area contributed by atoms with Crippen molar-refractivity contribution in [1.29, 1.82) is 0 Å². The van der Waals surface area contributed by atoms with Crippen molar-refractivity contribution in [2.24, 2.45) is 0 Å². The number of hydrogen-bond donors (Lipinski definition) is 0. The van der Waals surface area contributed by atoms with Crippen molar-refractivity contribution in [1.82, 2.24) is 0 Å². The lowest BCUT2D eigenvalue weighted by Gasteiger charge is -2.23. The van der Waals surface area contributed by atoms with Crippen LogP contribution in [0.4, 0.5) is 0 Å². The minimum atomic E-state index is -0.144. The summed E-state index contributed by atoms with van der Waals surface area (Å²) in [6.45, 7) is 4.84. The quantitative estimate of drug-likeness (QED) is 0.157. The van der Waals surface area contributed by atoms with Gasteiger partial charge in [-0.25, -0.2) is 0 Å². The molecule has 2 aromatic heterocycles. The third-order valence-corrected chi connectivity index (χ3v) is 14.3. The second kappa shape index (κ2) is 10.6. The van der Waals surface area contributed by atoms with Gasteiger partial charge in [-0.1, -0.05) is 135 Å². The molecular weight excluding hydrogens is 677 g/mol. The Morgan fingerprint density at radius 1 is 0.358 bits per heavy atom. The van der Waals surface area contributed by atoms with E-state index in [1.54, 1.807) is 0 Å². The van der Waals surface area contributed by atoms with Crippen LogP contribution in [0.25, 0.3) is 106 Å². The Labute approximate surface area is 315 Å². The van der Waals surface area contributed by atoms with Crippen LogP contribution in [0.3, 0.4) is 0 Å². The molecule has 2 heterocycles. The molecule has 0 atom stereocenters. The van der Waals surface area contributed by atoms with Crippen LogP contribution in [0, 0.1) is 0 Å². The van der Waals surface area contributed by atoms with Gasteiger partial charge in [-0.3, -0.25) is 0 Å². The summed E-state index contributed by atoms with van der Waals surface area (Å²) in [5, 5.41) is 13.3. The van der Waals surface area contributed by atoms with Gasteiger partial charge in [0.05, 0.1) is 0 Å². The van der Waals surface area contributed by atoms with Gasteiger partial charge in [0.2, 0.25) is 0 Å². The third kappa shape index (κ3) is 4.00. The van der Waals surface area contributed by atoms with Crippen molar-refractivity contribution < 1.29 is 0 Å². The van der Waals surface area contributed by atoms with Crippen molar-refractivity contribution in [3.05, 3.63) is 169 Å². The Hall–Kier alpha value is -5.80. The van der Waals surface area contributed by atoms with Gasteiger partial charge in [0.25, 0.3) is 0 Å². The lowest BCUT2D eigenvalue weighted by molar-refractivity contribution is 0.661. The van der Waals surface area contributed by atoms with E-state index in [0.29, 0.717) is 0 Å². The molecule has 248 valence electrons. The van der Waals surface area contributed by atoms with Crippen LogP contribution in [-0.2, 0) is 5.41 Å². The largest absolute Gasteiger partial charge is 0.135 e. The minimum Gasteiger partial charge on any atom is -0.135 e. The van der Waals surface area contributed by atoms with Gasteiger partial charge in [0.1, 0.15) is 0 Å². The fourth-order valence-electron chi connectivity index (χ4n) is 9.64. The molecule has 0 nitrogen and oxygen atoms in total. The number of rotatable bonds is 2. The van der Waals surface area contributed by atoms with Crippen molar-refractivity contribution in [3.8, 4) is 33.4 Å². The fourth-order valence-corrected chi connectivity index (χ4v) is 11.9. The Morgan fingerprint density at radius 3 is 1.74 bits per heavy atom. The molecule has 0 N–H and O–H groups in total. The molecule has 0 saturated carbocycles. The number of hydrogen-bond acceptors (Lipinski definition) is 2. The molecule has 12 rings (SSSR count). The van der Waals surface area contributed by atoms with Crippen molar-refractivity contribution >= 4 is 95.3 Å². The van der Waals surface area contributed by atoms with E-state index in [1.807, 2.05) is 22.7 Å². The molecule has 0 saturated heterocycles. The van der Waals surface area contributed by atoms with E-state index in [1.165, 1.54) is 117 Å². The van der Waals surface area contributed by atoms with Crippen LogP contribution in [0.15, 0.2) is 158 Å². The normalized spacial score (nSPS) is 13.6. The van der Waals surface area contributed by atoms with E-state index in [0.717, 1.165) is 0 Å². The maximum atomic E-state index is 2.52. The molecule has 0 amide bonds. The molecule has 0 spiro atoms. The molecule has 9 aromatic carbocycles. The van der Waals surface area contributed by atoms with Gasteiger partial charge in [0.15, 0.2) is 0 Å². The number of fused-ring (bicyclic) bond motifs is 13. The van der Waals surface area contributed by atoms with Gasteiger partial charge in [-0.05, 0) is 113 Å². The lowest BCUT2D eigenvalue weighted by atomic mass is 9.80. The maximum Gasteiger partial charge on any atom is 0.0362 e.